The summed E-state index contributed by atoms with van der Waals surface area (Å²) in [6.45, 7) is 2.59. The number of likely N-dealkylation sites (tertiary alicyclic amines) is 1. The lowest BCUT2D eigenvalue weighted by atomic mass is 9.96. The lowest BCUT2D eigenvalue weighted by Gasteiger charge is -2.34. The van der Waals surface area contributed by atoms with Crippen molar-refractivity contribution in [1.29, 1.82) is 0 Å². The van der Waals surface area contributed by atoms with Gasteiger partial charge in [0.1, 0.15) is 5.82 Å². The highest BCUT2D eigenvalue weighted by Crippen LogP contribution is 2.30. The van der Waals surface area contributed by atoms with Crippen LogP contribution in [-0.4, -0.2) is 47.4 Å². The molecule has 0 spiro atoms. The van der Waals surface area contributed by atoms with Crippen molar-refractivity contribution < 1.29 is 23.1 Å². The molecule has 1 fully saturated rings. The van der Waals surface area contributed by atoms with Crippen LogP contribution in [0.1, 0.15) is 13.3 Å². The normalized spacial score (nSPS) is 21.6. The second kappa shape index (κ2) is 7.92. The number of β-amino-alcohol motifs (C(OH)–C–C–N with tert-alkyl or cyclic N) is 1. The monoisotopic (exact) mass is 348 g/mol. The van der Waals surface area contributed by atoms with Crippen LogP contribution in [0.2, 0.25) is 0 Å². The molecule has 2 atom stereocenters. The first kappa shape index (κ1) is 17.9. The molecule has 1 aromatic carbocycles. The Morgan fingerprint density at radius 2 is 2.26 bits per heavy atom. The van der Waals surface area contributed by atoms with Gasteiger partial charge in [0.15, 0.2) is 0 Å². The quantitative estimate of drug-likeness (QED) is 0.820. The molecule has 4 nitrogen and oxygen atoms in total. The van der Waals surface area contributed by atoms with Gasteiger partial charge in [0.25, 0.3) is 0 Å². The predicted octanol–water partition coefficient (Wildman–Crippen LogP) is 3.42. The van der Waals surface area contributed by atoms with Crippen LogP contribution in [0.4, 0.5) is 23.7 Å². The number of thioether (sulfide) groups is 1. The van der Waals surface area contributed by atoms with E-state index in [2.05, 4.69) is 5.32 Å². The van der Waals surface area contributed by atoms with Crippen molar-refractivity contribution in [3.8, 4) is 0 Å². The Balaban J connectivity index is 2.06. The Labute approximate surface area is 137 Å². The van der Waals surface area contributed by atoms with Gasteiger partial charge in [-0.3, -0.25) is 0 Å². The van der Waals surface area contributed by atoms with E-state index in [9.17, 15) is 23.1 Å². The number of aliphatic hydroxyl groups is 1. The van der Waals surface area contributed by atoms with E-state index in [4.69, 9.17) is 0 Å². The number of halogens is 3. The van der Waals surface area contributed by atoms with Gasteiger partial charge in [0, 0.05) is 18.0 Å². The fourth-order valence-electron chi connectivity index (χ4n) is 2.31. The maximum atomic E-state index is 13.4. The Bertz CT molecular complexity index is 560. The van der Waals surface area contributed by atoms with Gasteiger partial charge in [-0.1, -0.05) is 6.92 Å². The SMILES string of the molecule is CC1CCN(C(=O)Nc2cc(F)ccc2SCC(F)F)CC1O. The lowest BCUT2D eigenvalue weighted by Crippen LogP contribution is -2.47. The van der Waals surface area contributed by atoms with Crippen molar-refractivity contribution in [2.45, 2.75) is 30.8 Å². The molecule has 0 aliphatic carbocycles. The molecule has 1 aliphatic heterocycles. The van der Waals surface area contributed by atoms with E-state index in [0.29, 0.717) is 17.9 Å². The van der Waals surface area contributed by atoms with Gasteiger partial charge >= 0.3 is 6.03 Å². The number of urea groups is 1. The number of aliphatic hydroxyl groups excluding tert-OH is 1. The van der Waals surface area contributed by atoms with E-state index in [0.717, 1.165) is 23.9 Å². The first-order valence-electron chi connectivity index (χ1n) is 7.31. The van der Waals surface area contributed by atoms with Crippen LogP contribution in [0.3, 0.4) is 0 Å². The molecule has 8 heteroatoms. The third-order valence-electron chi connectivity index (χ3n) is 3.75. The average molecular weight is 348 g/mol. The molecule has 23 heavy (non-hydrogen) atoms. The van der Waals surface area contributed by atoms with Crippen LogP contribution in [0.25, 0.3) is 0 Å². The molecule has 1 heterocycles. The summed E-state index contributed by atoms with van der Waals surface area (Å²) in [6.07, 6.45) is -2.42. The summed E-state index contributed by atoms with van der Waals surface area (Å²) < 4.78 is 38.1. The highest BCUT2D eigenvalue weighted by Gasteiger charge is 2.27. The molecule has 0 radical (unpaired) electrons. The molecule has 2 rings (SSSR count). The highest BCUT2D eigenvalue weighted by molar-refractivity contribution is 7.99. The number of nitrogens with one attached hydrogen (secondary N) is 1. The Kier molecular flexibility index (Phi) is 6.17. The van der Waals surface area contributed by atoms with E-state index in [1.807, 2.05) is 6.92 Å². The molecule has 2 N–H and O–H groups in total. The standard InChI is InChI=1S/C15H19F3N2O2S/c1-9-4-5-20(7-12(9)21)15(22)19-11-6-10(16)2-3-13(11)23-8-14(17)18/h2-3,6,9,12,14,21H,4-5,7-8H2,1H3,(H,19,22). The maximum Gasteiger partial charge on any atom is 0.321 e. The predicted molar refractivity (Wildman–Crippen MR) is 83.5 cm³/mol. The summed E-state index contributed by atoms with van der Waals surface area (Å²) in [5.41, 5.74) is 0.161. The summed E-state index contributed by atoms with van der Waals surface area (Å²) in [5.74, 6) is -0.881. The van der Waals surface area contributed by atoms with Crippen molar-refractivity contribution >= 4 is 23.5 Å². The highest BCUT2D eigenvalue weighted by atomic mass is 32.2. The summed E-state index contributed by atoms with van der Waals surface area (Å²) in [4.78, 5) is 14.1. The molecule has 0 saturated carbocycles. The van der Waals surface area contributed by atoms with Crippen LogP contribution in [-0.2, 0) is 0 Å². The molecule has 1 aliphatic rings. The fourth-order valence-corrected chi connectivity index (χ4v) is 3.04. The molecule has 0 bridgehead atoms. The zero-order valence-corrected chi connectivity index (χ0v) is 13.5. The zero-order valence-electron chi connectivity index (χ0n) is 12.6. The number of hydrogen-bond donors (Lipinski definition) is 2. The maximum absolute atomic E-state index is 13.4. The van der Waals surface area contributed by atoms with Gasteiger partial charge in [-0.05, 0) is 30.5 Å². The van der Waals surface area contributed by atoms with Gasteiger partial charge in [-0.2, -0.15) is 0 Å². The van der Waals surface area contributed by atoms with Crippen molar-refractivity contribution in [1.82, 2.24) is 4.90 Å². The summed E-state index contributed by atoms with van der Waals surface area (Å²) in [5, 5.41) is 12.4. The molecule has 1 saturated heterocycles. The number of amides is 2. The van der Waals surface area contributed by atoms with Crippen LogP contribution >= 0.6 is 11.8 Å². The lowest BCUT2D eigenvalue weighted by molar-refractivity contribution is 0.0463. The first-order valence-corrected chi connectivity index (χ1v) is 8.30. The van der Waals surface area contributed by atoms with Gasteiger partial charge in [-0.15, -0.1) is 11.8 Å². The van der Waals surface area contributed by atoms with E-state index in [1.165, 1.54) is 11.0 Å². The van der Waals surface area contributed by atoms with E-state index < -0.39 is 30.1 Å². The number of rotatable bonds is 4. The van der Waals surface area contributed by atoms with Crippen LogP contribution in [0, 0.1) is 11.7 Å². The third-order valence-corrected chi connectivity index (χ3v) is 4.84. The van der Waals surface area contributed by atoms with Crippen LogP contribution < -0.4 is 5.32 Å². The van der Waals surface area contributed by atoms with Gasteiger partial charge in [-0.25, -0.2) is 18.0 Å². The van der Waals surface area contributed by atoms with E-state index >= 15 is 0 Å². The first-order chi connectivity index (χ1) is 10.9. The number of hydrogen-bond acceptors (Lipinski definition) is 3. The smallest absolute Gasteiger partial charge is 0.321 e. The van der Waals surface area contributed by atoms with Gasteiger partial charge in [0.2, 0.25) is 6.43 Å². The molecule has 0 aromatic heterocycles. The molecule has 2 unspecified atom stereocenters. The van der Waals surface area contributed by atoms with Gasteiger partial charge in [0.05, 0.1) is 17.5 Å². The fraction of sp³-hybridized carbons (Fsp3) is 0.533. The van der Waals surface area contributed by atoms with Crippen LogP contribution in [0.15, 0.2) is 23.1 Å². The summed E-state index contributed by atoms with van der Waals surface area (Å²) in [7, 11) is 0. The second-order valence-corrected chi connectivity index (χ2v) is 6.61. The van der Waals surface area contributed by atoms with Crippen molar-refractivity contribution in [2.75, 3.05) is 24.2 Å². The Morgan fingerprint density at radius 1 is 1.52 bits per heavy atom. The minimum absolute atomic E-state index is 0.116. The Morgan fingerprint density at radius 3 is 2.91 bits per heavy atom. The number of carbonyl (C=O) groups is 1. The third kappa shape index (κ3) is 5.04. The minimum atomic E-state index is -2.49. The molecule has 128 valence electrons. The number of carbonyl (C=O) groups excluding carboxylic acids is 1. The van der Waals surface area contributed by atoms with E-state index in [-0.39, 0.29) is 18.2 Å². The topological polar surface area (TPSA) is 52.6 Å². The second-order valence-electron chi connectivity index (χ2n) is 5.55. The van der Waals surface area contributed by atoms with Crippen molar-refractivity contribution in [3.05, 3.63) is 24.0 Å². The largest absolute Gasteiger partial charge is 0.391 e. The number of anilines is 1. The number of alkyl halides is 2. The molecular formula is C15H19F3N2O2S. The molecule has 2 amide bonds. The number of nitrogens with zero attached hydrogens (tertiary/aromatic N) is 1. The summed E-state index contributed by atoms with van der Waals surface area (Å²) in [6, 6.07) is 3.16. The number of benzene rings is 1. The zero-order chi connectivity index (χ0) is 17.0. The molecule has 1 aromatic rings. The van der Waals surface area contributed by atoms with Crippen molar-refractivity contribution in [2.24, 2.45) is 5.92 Å². The van der Waals surface area contributed by atoms with Gasteiger partial charge < -0.3 is 15.3 Å². The summed E-state index contributed by atoms with van der Waals surface area (Å²) >= 11 is 0.854. The minimum Gasteiger partial charge on any atom is -0.391 e. The Hall–Kier alpha value is -1.41. The van der Waals surface area contributed by atoms with Crippen molar-refractivity contribution in [3.63, 3.8) is 0 Å². The van der Waals surface area contributed by atoms with E-state index in [1.54, 1.807) is 0 Å². The number of piperidine rings is 1. The molecular weight excluding hydrogens is 329 g/mol. The average Bonchev–Trinajstić information content (AvgIpc) is 2.49. The van der Waals surface area contributed by atoms with Crippen LogP contribution in [0.5, 0.6) is 0 Å².